The SMILES string of the molecule is COc1cccc(CCCCOC2OC(CO)C(O)C(O)C2O)c1. The summed E-state index contributed by atoms with van der Waals surface area (Å²) >= 11 is 0. The maximum absolute atomic E-state index is 9.86. The molecule has 4 N–H and O–H groups in total. The standard InChI is InChI=1S/C17H26O7/c1-22-12-7-4-6-11(9-12)5-2-3-8-23-17-16(21)15(20)14(19)13(10-18)24-17/h4,6-7,9,13-21H,2-3,5,8,10H2,1H3. The smallest absolute Gasteiger partial charge is 0.186 e. The fraction of sp³-hybridized carbons (Fsp3) is 0.647. The highest BCUT2D eigenvalue weighted by Crippen LogP contribution is 2.22. The van der Waals surface area contributed by atoms with Crippen LogP contribution in [-0.2, 0) is 15.9 Å². The number of hydrogen-bond acceptors (Lipinski definition) is 7. The van der Waals surface area contributed by atoms with Crippen molar-refractivity contribution in [1.82, 2.24) is 0 Å². The first-order chi connectivity index (χ1) is 11.6. The van der Waals surface area contributed by atoms with Crippen LogP contribution in [0.2, 0.25) is 0 Å². The number of ether oxygens (including phenoxy) is 3. The van der Waals surface area contributed by atoms with Gasteiger partial charge in [0.2, 0.25) is 0 Å². The minimum atomic E-state index is -1.40. The Morgan fingerprint density at radius 2 is 1.88 bits per heavy atom. The van der Waals surface area contributed by atoms with Gasteiger partial charge in [-0.25, -0.2) is 0 Å². The molecule has 1 saturated heterocycles. The van der Waals surface area contributed by atoms with Crippen LogP contribution in [0.1, 0.15) is 18.4 Å². The first-order valence-corrected chi connectivity index (χ1v) is 8.12. The van der Waals surface area contributed by atoms with E-state index in [1.165, 1.54) is 5.56 Å². The van der Waals surface area contributed by atoms with Crippen LogP contribution in [0.5, 0.6) is 5.75 Å². The first-order valence-electron chi connectivity index (χ1n) is 8.12. The number of methoxy groups -OCH3 is 1. The molecule has 0 aliphatic carbocycles. The van der Waals surface area contributed by atoms with Crippen LogP contribution in [0, 0.1) is 0 Å². The second kappa shape index (κ2) is 9.31. The van der Waals surface area contributed by atoms with Gasteiger partial charge in [-0.2, -0.15) is 0 Å². The molecule has 0 aromatic heterocycles. The van der Waals surface area contributed by atoms with Crippen LogP contribution in [0.4, 0.5) is 0 Å². The van der Waals surface area contributed by atoms with E-state index in [0.29, 0.717) is 6.61 Å². The molecule has 24 heavy (non-hydrogen) atoms. The van der Waals surface area contributed by atoms with Crippen LogP contribution < -0.4 is 4.74 Å². The summed E-state index contributed by atoms with van der Waals surface area (Å²) in [5.41, 5.74) is 1.17. The Morgan fingerprint density at radius 3 is 2.58 bits per heavy atom. The molecular formula is C17H26O7. The second-order valence-corrected chi connectivity index (χ2v) is 5.88. The van der Waals surface area contributed by atoms with Gasteiger partial charge in [-0.1, -0.05) is 12.1 Å². The molecule has 5 atom stereocenters. The van der Waals surface area contributed by atoms with E-state index >= 15 is 0 Å². The lowest BCUT2D eigenvalue weighted by molar-refractivity contribution is -0.301. The lowest BCUT2D eigenvalue weighted by atomic mass is 9.99. The monoisotopic (exact) mass is 342 g/mol. The third kappa shape index (κ3) is 4.89. The number of benzene rings is 1. The molecule has 0 bridgehead atoms. The second-order valence-electron chi connectivity index (χ2n) is 5.88. The molecule has 7 heteroatoms. The molecule has 5 unspecified atom stereocenters. The summed E-state index contributed by atoms with van der Waals surface area (Å²) in [6.45, 7) is -0.118. The van der Waals surface area contributed by atoms with Gasteiger partial charge in [-0.3, -0.25) is 0 Å². The molecular weight excluding hydrogens is 316 g/mol. The molecule has 136 valence electrons. The van der Waals surface area contributed by atoms with Gasteiger partial charge < -0.3 is 34.6 Å². The highest BCUT2D eigenvalue weighted by molar-refractivity contribution is 5.28. The van der Waals surface area contributed by atoms with Crippen molar-refractivity contribution < 1.29 is 34.6 Å². The van der Waals surface area contributed by atoms with Crippen molar-refractivity contribution in [2.24, 2.45) is 0 Å². The van der Waals surface area contributed by atoms with Crippen LogP contribution in [-0.4, -0.2) is 71.5 Å². The van der Waals surface area contributed by atoms with E-state index in [-0.39, 0.29) is 0 Å². The van der Waals surface area contributed by atoms with Crippen molar-refractivity contribution in [3.63, 3.8) is 0 Å². The van der Waals surface area contributed by atoms with Crippen LogP contribution in [0.25, 0.3) is 0 Å². The summed E-state index contributed by atoms with van der Waals surface area (Å²) in [4.78, 5) is 0. The van der Waals surface area contributed by atoms with E-state index in [1.54, 1.807) is 7.11 Å². The number of aliphatic hydroxyl groups excluding tert-OH is 4. The highest BCUT2D eigenvalue weighted by Gasteiger charge is 2.43. The molecule has 1 aromatic carbocycles. The minimum absolute atomic E-state index is 0.340. The van der Waals surface area contributed by atoms with Crippen molar-refractivity contribution in [3.05, 3.63) is 29.8 Å². The Morgan fingerprint density at radius 1 is 1.08 bits per heavy atom. The molecule has 1 heterocycles. The van der Waals surface area contributed by atoms with Gasteiger partial charge >= 0.3 is 0 Å². The largest absolute Gasteiger partial charge is 0.497 e. The van der Waals surface area contributed by atoms with Gasteiger partial charge in [-0.15, -0.1) is 0 Å². The maximum atomic E-state index is 9.86. The number of hydrogen-bond donors (Lipinski definition) is 4. The van der Waals surface area contributed by atoms with E-state index in [2.05, 4.69) is 0 Å². The molecule has 1 aromatic rings. The van der Waals surface area contributed by atoms with Gasteiger partial charge in [0.1, 0.15) is 30.2 Å². The third-order valence-corrected chi connectivity index (χ3v) is 4.12. The summed E-state index contributed by atoms with van der Waals surface area (Å²) in [6, 6.07) is 7.85. The van der Waals surface area contributed by atoms with Gasteiger partial charge in [0.15, 0.2) is 6.29 Å². The molecule has 0 saturated carbocycles. The maximum Gasteiger partial charge on any atom is 0.186 e. The van der Waals surface area contributed by atoms with E-state index in [9.17, 15) is 15.3 Å². The predicted octanol–water partition coefficient (Wildman–Crippen LogP) is -0.166. The average molecular weight is 342 g/mol. The Kier molecular flexibility index (Phi) is 7.41. The Labute approximate surface area is 141 Å². The predicted molar refractivity (Wildman–Crippen MR) is 85.7 cm³/mol. The quantitative estimate of drug-likeness (QED) is 0.486. The number of aliphatic hydroxyl groups is 4. The molecule has 2 rings (SSSR count). The van der Waals surface area contributed by atoms with E-state index in [0.717, 1.165) is 25.0 Å². The lowest BCUT2D eigenvalue weighted by Crippen LogP contribution is -2.59. The fourth-order valence-corrected chi connectivity index (χ4v) is 2.66. The van der Waals surface area contributed by atoms with Crippen molar-refractivity contribution in [1.29, 1.82) is 0 Å². The summed E-state index contributed by atoms with van der Waals surface area (Å²) in [5, 5.41) is 38.4. The van der Waals surface area contributed by atoms with Crippen molar-refractivity contribution >= 4 is 0 Å². The molecule has 0 radical (unpaired) electrons. The molecule has 7 nitrogen and oxygen atoms in total. The van der Waals surface area contributed by atoms with Crippen LogP contribution >= 0.6 is 0 Å². The molecule has 0 amide bonds. The minimum Gasteiger partial charge on any atom is -0.497 e. The Hall–Kier alpha value is -1.22. The molecule has 1 aliphatic heterocycles. The summed E-state index contributed by atoms with van der Waals surface area (Å²) in [5.74, 6) is 0.824. The zero-order valence-corrected chi connectivity index (χ0v) is 13.7. The fourth-order valence-electron chi connectivity index (χ4n) is 2.66. The number of rotatable bonds is 8. The molecule has 1 aliphatic rings. The number of unbranched alkanes of at least 4 members (excludes halogenated alkanes) is 1. The number of aryl methyl sites for hydroxylation is 1. The zero-order valence-electron chi connectivity index (χ0n) is 13.7. The van der Waals surface area contributed by atoms with Gasteiger partial charge in [-0.05, 0) is 37.0 Å². The third-order valence-electron chi connectivity index (χ3n) is 4.12. The van der Waals surface area contributed by atoms with Crippen molar-refractivity contribution in [2.45, 2.75) is 50.0 Å². The van der Waals surface area contributed by atoms with Gasteiger partial charge in [0, 0.05) is 6.61 Å². The normalized spacial score (nSPS) is 30.3. The van der Waals surface area contributed by atoms with Gasteiger partial charge in [0.05, 0.1) is 13.7 Å². The molecule has 0 spiro atoms. The van der Waals surface area contributed by atoms with Crippen LogP contribution in [0.15, 0.2) is 24.3 Å². The van der Waals surface area contributed by atoms with Crippen molar-refractivity contribution in [3.8, 4) is 5.75 Å². The zero-order chi connectivity index (χ0) is 17.5. The van der Waals surface area contributed by atoms with Crippen molar-refractivity contribution in [2.75, 3.05) is 20.3 Å². The summed E-state index contributed by atoms with van der Waals surface area (Å²) in [7, 11) is 1.63. The molecule has 1 fully saturated rings. The summed E-state index contributed by atoms with van der Waals surface area (Å²) in [6.07, 6.45) is -3.62. The van der Waals surface area contributed by atoms with E-state index < -0.39 is 37.3 Å². The van der Waals surface area contributed by atoms with Gasteiger partial charge in [0.25, 0.3) is 0 Å². The Balaban J connectivity index is 1.71. The van der Waals surface area contributed by atoms with Crippen LogP contribution in [0.3, 0.4) is 0 Å². The average Bonchev–Trinajstić information content (AvgIpc) is 2.61. The summed E-state index contributed by atoms with van der Waals surface area (Å²) < 4.78 is 15.9. The highest BCUT2D eigenvalue weighted by atomic mass is 16.7. The lowest BCUT2D eigenvalue weighted by Gasteiger charge is -2.39. The van der Waals surface area contributed by atoms with E-state index in [1.807, 2.05) is 24.3 Å². The first kappa shape index (κ1) is 19.1. The topological polar surface area (TPSA) is 109 Å². The van der Waals surface area contributed by atoms with E-state index in [4.69, 9.17) is 19.3 Å². The Bertz CT molecular complexity index is 494.